The maximum Gasteiger partial charge on any atom is 0.236 e. The molecular formula is C13H15NO2. The van der Waals surface area contributed by atoms with Crippen molar-refractivity contribution in [1.82, 2.24) is 0 Å². The molecule has 1 heterocycles. The Morgan fingerprint density at radius 3 is 2.00 bits per heavy atom. The van der Waals surface area contributed by atoms with Crippen LogP contribution in [0.2, 0.25) is 0 Å². The van der Waals surface area contributed by atoms with Gasteiger partial charge in [-0.25, -0.2) is 0 Å². The van der Waals surface area contributed by atoms with Crippen LogP contribution in [0, 0.1) is 11.8 Å². The van der Waals surface area contributed by atoms with Crippen molar-refractivity contribution in [2.75, 3.05) is 4.90 Å². The van der Waals surface area contributed by atoms with Crippen molar-refractivity contribution in [1.29, 1.82) is 0 Å². The lowest BCUT2D eigenvalue weighted by molar-refractivity contribution is -0.134. The minimum absolute atomic E-state index is 0.0760. The molecule has 0 bridgehead atoms. The fourth-order valence-electron chi connectivity index (χ4n) is 2.11. The number of para-hydroxylation sites is 1. The van der Waals surface area contributed by atoms with Crippen LogP contribution >= 0.6 is 0 Å². The first kappa shape index (κ1) is 10.9. The zero-order chi connectivity index (χ0) is 11.7. The Kier molecular flexibility index (Phi) is 2.77. The molecule has 0 N–H and O–H groups in total. The summed E-state index contributed by atoms with van der Waals surface area (Å²) in [5.41, 5.74) is 0.677. The zero-order valence-electron chi connectivity index (χ0n) is 9.51. The zero-order valence-corrected chi connectivity index (χ0v) is 9.51. The van der Waals surface area contributed by atoms with Gasteiger partial charge in [-0.3, -0.25) is 14.5 Å². The highest BCUT2D eigenvalue weighted by atomic mass is 16.2. The van der Waals surface area contributed by atoms with E-state index in [0.29, 0.717) is 12.1 Å². The highest BCUT2D eigenvalue weighted by molar-refractivity contribution is 6.17. The fraction of sp³-hybridized carbons (Fsp3) is 0.385. The first-order valence-electron chi connectivity index (χ1n) is 5.54. The summed E-state index contributed by atoms with van der Waals surface area (Å²) in [6, 6.07) is 9.12. The fourth-order valence-corrected chi connectivity index (χ4v) is 2.11. The van der Waals surface area contributed by atoms with E-state index < -0.39 is 0 Å². The number of rotatable bonds is 1. The standard InChI is InChI=1S/C13H15NO2/c1-9-8-10(2)13(16)14(12(9)15)11-6-4-3-5-7-11/h3-7,9-10H,8H2,1-2H3/t9-,10+. The molecule has 1 aliphatic heterocycles. The molecule has 0 spiro atoms. The number of imide groups is 1. The number of benzene rings is 1. The van der Waals surface area contributed by atoms with Crippen molar-refractivity contribution < 1.29 is 9.59 Å². The molecule has 1 fully saturated rings. The molecular weight excluding hydrogens is 202 g/mol. The number of hydrogen-bond donors (Lipinski definition) is 0. The monoisotopic (exact) mass is 217 g/mol. The third-order valence-corrected chi connectivity index (χ3v) is 3.01. The Morgan fingerprint density at radius 1 is 1.00 bits per heavy atom. The summed E-state index contributed by atoms with van der Waals surface area (Å²) >= 11 is 0. The van der Waals surface area contributed by atoms with Crippen LogP contribution in [0.1, 0.15) is 20.3 Å². The normalized spacial score (nSPS) is 26.0. The van der Waals surface area contributed by atoms with Crippen LogP contribution in [-0.2, 0) is 9.59 Å². The van der Waals surface area contributed by atoms with Gasteiger partial charge in [0.25, 0.3) is 0 Å². The van der Waals surface area contributed by atoms with Gasteiger partial charge in [0.15, 0.2) is 0 Å². The average Bonchev–Trinajstić information content (AvgIpc) is 2.28. The SMILES string of the molecule is C[C@@H]1C[C@H](C)C(=O)N(c2ccccc2)C1=O. The molecule has 3 heteroatoms. The average molecular weight is 217 g/mol. The van der Waals surface area contributed by atoms with Crippen molar-refractivity contribution >= 4 is 17.5 Å². The lowest BCUT2D eigenvalue weighted by atomic mass is 9.90. The van der Waals surface area contributed by atoms with Gasteiger partial charge in [0, 0.05) is 11.8 Å². The molecule has 0 radical (unpaired) electrons. The molecule has 16 heavy (non-hydrogen) atoms. The molecule has 2 atom stereocenters. The maximum absolute atomic E-state index is 12.0. The molecule has 0 unspecified atom stereocenters. The Morgan fingerprint density at radius 2 is 1.50 bits per heavy atom. The lowest BCUT2D eigenvalue weighted by Crippen LogP contribution is -2.48. The maximum atomic E-state index is 12.0. The summed E-state index contributed by atoms with van der Waals surface area (Å²) in [7, 11) is 0. The first-order chi connectivity index (χ1) is 7.61. The van der Waals surface area contributed by atoms with E-state index >= 15 is 0 Å². The van der Waals surface area contributed by atoms with E-state index in [1.807, 2.05) is 32.0 Å². The van der Waals surface area contributed by atoms with Gasteiger partial charge in [0.2, 0.25) is 11.8 Å². The molecule has 0 aliphatic carbocycles. The second-order valence-electron chi connectivity index (χ2n) is 4.39. The molecule has 3 nitrogen and oxygen atoms in total. The first-order valence-corrected chi connectivity index (χ1v) is 5.54. The summed E-state index contributed by atoms with van der Waals surface area (Å²) in [5, 5.41) is 0. The Balaban J connectivity index is 2.38. The van der Waals surface area contributed by atoms with Crippen LogP contribution in [0.25, 0.3) is 0 Å². The van der Waals surface area contributed by atoms with Crippen molar-refractivity contribution in [3.8, 4) is 0 Å². The highest BCUT2D eigenvalue weighted by Gasteiger charge is 2.37. The number of carbonyl (C=O) groups excluding carboxylic acids is 2. The summed E-state index contributed by atoms with van der Waals surface area (Å²) in [5.74, 6) is -0.329. The largest absolute Gasteiger partial charge is 0.274 e. The molecule has 1 saturated heterocycles. The molecule has 1 aliphatic rings. The molecule has 1 aromatic rings. The van der Waals surface area contributed by atoms with E-state index in [9.17, 15) is 9.59 Å². The van der Waals surface area contributed by atoms with Gasteiger partial charge in [-0.15, -0.1) is 0 Å². The van der Waals surface area contributed by atoms with E-state index in [1.165, 1.54) is 4.90 Å². The number of piperidine rings is 1. The molecule has 2 amide bonds. The smallest absolute Gasteiger partial charge is 0.236 e. The van der Waals surface area contributed by atoms with Crippen LogP contribution in [-0.4, -0.2) is 11.8 Å². The van der Waals surface area contributed by atoms with Crippen LogP contribution in [0.3, 0.4) is 0 Å². The van der Waals surface area contributed by atoms with Gasteiger partial charge in [-0.05, 0) is 18.6 Å². The Hall–Kier alpha value is -1.64. The van der Waals surface area contributed by atoms with Gasteiger partial charge >= 0.3 is 0 Å². The minimum atomic E-state index is -0.0886. The lowest BCUT2D eigenvalue weighted by Gasteiger charge is -2.32. The Bertz CT molecular complexity index is 393. The third-order valence-electron chi connectivity index (χ3n) is 3.01. The van der Waals surface area contributed by atoms with Gasteiger partial charge in [0.05, 0.1) is 5.69 Å². The van der Waals surface area contributed by atoms with E-state index in [2.05, 4.69) is 0 Å². The predicted octanol–water partition coefficient (Wildman–Crippen LogP) is 2.22. The summed E-state index contributed by atoms with van der Waals surface area (Å²) in [6.07, 6.45) is 0.654. The molecule has 2 rings (SSSR count). The summed E-state index contributed by atoms with van der Waals surface area (Å²) in [4.78, 5) is 25.3. The molecule has 0 saturated carbocycles. The van der Waals surface area contributed by atoms with Gasteiger partial charge in [0.1, 0.15) is 0 Å². The van der Waals surface area contributed by atoms with E-state index in [-0.39, 0.29) is 23.7 Å². The van der Waals surface area contributed by atoms with Crippen molar-refractivity contribution in [2.24, 2.45) is 11.8 Å². The quantitative estimate of drug-likeness (QED) is 0.676. The van der Waals surface area contributed by atoms with E-state index in [0.717, 1.165) is 0 Å². The third kappa shape index (κ3) is 1.73. The topological polar surface area (TPSA) is 37.4 Å². The number of carbonyl (C=O) groups is 2. The minimum Gasteiger partial charge on any atom is -0.274 e. The van der Waals surface area contributed by atoms with Crippen LogP contribution in [0.5, 0.6) is 0 Å². The number of hydrogen-bond acceptors (Lipinski definition) is 2. The van der Waals surface area contributed by atoms with Crippen LogP contribution in [0.15, 0.2) is 30.3 Å². The Labute approximate surface area is 95.1 Å². The number of amides is 2. The second-order valence-corrected chi connectivity index (χ2v) is 4.39. The summed E-state index contributed by atoms with van der Waals surface area (Å²) in [6.45, 7) is 3.75. The van der Waals surface area contributed by atoms with Crippen molar-refractivity contribution in [2.45, 2.75) is 20.3 Å². The van der Waals surface area contributed by atoms with Crippen molar-refractivity contribution in [3.05, 3.63) is 30.3 Å². The van der Waals surface area contributed by atoms with E-state index in [4.69, 9.17) is 0 Å². The summed E-state index contributed by atoms with van der Waals surface area (Å²) < 4.78 is 0. The number of nitrogens with zero attached hydrogens (tertiary/aromatic N) is 1. The number of anilines is 1. The van der Waals surface area contributed by atoms with Crippen molar-refractivity contribution in [3.63, 3.8) is 0 Å². The van der Waals surface area contributed by atoms with Crippen LogP contribution < -0.4 is 4.90 Å². The predicted molar refractivity (Wildman–Crippen MR) is 61.9 cm³/mol. The highest BCUT2D eigenvalue weighted by Crippen LogP contribution is 2.28. The van der Waals surface area contributed by atoms with Gasteiger partial charge in [-0.2, -0.15) is 0 Å². The van der Waals surface area contributed by atoms with E-state index in [1.54, 1.807) is 12.1 Å². The van der Waals surface area contributed by atoms with Crippen LogP contribution in [0.4, 0.5) is 5.69 Å². The molecule has 84 valence electrons. The molecule has 0 aromatic heterocycles. The van der Waals surface area contributed by atoms with Gasteiger partial charge in [-0.1, -0.05) is 32.0 Å². The second kappa shape index (κ2) is 4.08. The van der Waals surface area contributed by atoms with Gasteiger partial charge < -0.3 is 0 Å². The molecule has 1 aromatic carbocycles.